The molecule has 2 aromatic rings. The van der Waals surface area contributed by atoms with Crippen LogP contribution in [0.15, 0.2) is 30.5 Å². The van der Waals surface area contributed by atoms with Crippen LogP contribution in [0.5, 0.6) is 5.75 Å². The molecule has 2 nitrogen and oxygen atoms in total. The first kappa shape index (κ1) is 16.1. The van der Waals surface area contributed by atoms with Crippen molar-refractivity contribution in [3.63, 3.8) is 0 Å². The van der Waals surface area contributed by atoms with Crippen molar-refractivity contribution in [1.82, 2.24) is 4.98 Å². The van der Waals surface area contributed by atoms with Crippen LogP contribution in [0, 0.1) is 6.92 Å². The first-order valence-corrected chi connectivity index (χ1v) is 7.57. The van der Waals surface area contributed by atoms with E-state index in [4.69, 9.17) is 27.9 Å². The van der Waals surface area contributed by atoms with Crippen LogP contribution in [0.1, 0.15) is 37.5 Å². The van der Waals surface area contributed by atoms with Gasteiger partial charge in [-0.05, 0) is 30.0 Å². The Bertz CT molecular complexity index is 648. The highest BCUT2D eigenvalue weighted by atomic mass is 35.5. The van der Waals surface area contributed by atoms with Crippen LogP contribution in [-0.4, -0.2) is 4.98 Å². The van der Waals surface area contributed by atoms with Gasteiger partial charge in [0.25, 0.3) is 0 Å². The quantitative estimate of drug-likeness (QED) is 0.688. The molecule has 0 spiro atoms. The lowest BCUT2D eigenvalue weighted by atomic mass is 9.85. The maximum atomic E-state index is 6.15. The van der Waals surface area contributed by atoms with Gasteiger partial charge in [-0.25, -0.2) is 4.98 Å². The molecule has 4 heteroatoms. The van der Waals surface area contributed by atoms with Gasteiger partial charge in [0.15, 0.2) is 0 Å². The third-order valence-corrected chi connectivity index (χ3v) is 3.78. The molecule has 21 heavy (non-hydrogen) atoms. The molecule has 1 heterocycles. The summed E-state index contributed by atoms with van der Waals surface area (Å²) in [5.41, 5.74) is 3.24. The molecular formula is C17H19Cl2NO. The fourth-order valence-corrected chi connectivity index (χ4v) is 2.47. The largest absolute Gasteiger partial charge is 0.488 e. The Kier molecular flexibility index (Phi) is 4.80. The second-order valence-corrected chi connectivity index (χ2v) is 6.93. The summed E-state index contributed by atoms with van der Waals surface area (Å²) in [7, 11) is 0. The van der Waals surface area contributed by atoms with Crippen molar-refractivity contribution in [2.24, 2.45) is 0 Å². The highest BCUT2D eigenvalue weighted by Gasteiger charge is 2.19. The van der Waals surface area contributed by atoms with Crippen molar-refractivity contribution >= 4 is 23.2 Å². The molecule has 0 N–H and O–H groups in total. The lowest BCUT2D eigenvalue weighted by Crippen LogP contribution is -2.14. The second kappa shape index (κ2) is 6.25. The van der Waals surface area contributed by atoms with Gasteiger partial charge in [0.05, 0.1) is 5.02 Å². The zero-order chi connectivity index (χ0) is 15.6. The molecule has 112 valence electrons. The van der Waals surface area contributed by atoms with E-state index in [-0.39, 0.29) is 5.41 Å². The molecule has 0 radical (unpaired) electrons. The van der Waals surface area contributed by atoms with E-state index in [1.165, 1.54) is 11.1 Å². The topological polar surface area (TPSA) is 22.1 Å². The van der Waals surface area contributed by atoms with Gasteiger partial charge >= 0.3 is 0 Å². The zero-order valence-electron chi connectivity index (χ0n) is 12.7. The number of hydrogen-bond acceptors (Lipinski definition) is 2. The summed E-state index contributed by atoms with van der Waals surface area (Å²) in [6.07, 6.45) is 1.65. The first-order valence-electron chi connectivity index (χ1n) is 6.81. The lowest BCUT2D eigenvalue weighted by Gasteiger charge is -2.23. The summed E-state index contributed by atoms with van der Waals surface area (Å²) < 4.78 is 5.96. The summed E-state index contributed by atoms with van der Waals surface area (Å²) in [5, 5.41) is 0.953. The molecule has 0 aliphatic carbocycles. The van der Waals surface area contributed by atoms with Gasteiger partial charge in [0.2, 0.25) is 0 Å². The van der Waals surface area contributed by atoms with Gasteiger partial charge in [-0.1, -0.05) is 61.7 Å². The number of benzene rings is 1. The number of aryl methyl sites for hydroxylation is 1. The molecule has 2 rings (SSSR count). The Morgan fingerprint density at radius 2 is 1.86 bits per heavy atom. The van der Waals surface area contributed by atoms with Gasteiger partial charge in [0, 0.05) is 11.8 Å². The molecule has 1 aromatic heterocycles. The Balaban J connectivity index is 2.24. The summed E-state index contributed by atoms with van der Waals surface area (Å²) in [6, 6.07) is 7.85. The van der Waals surface area contributed by atoms with Crippen LogP contribution < -0.4 is 4.74 Å². The number of hydrogen-bond donors (Lipinski definition) is 0. The van der Waals surface area contributed by atoms with E-state index in [2.05, 4.69) is 38.7 Å². The maximum absolute atomic E-state index is 6.15. The van der Waals surface area contributed by atoms with Crippen molar-refractivity contribution < 1.29 is 4.74 Å². The monoisotopic (exact) mass is 323 g/mol. The molecule has 0 bridgehead atoms. The molecule has 0 atom stereocenters. The van der Waals surface area contributed by atoms with E-state index >= 15 is 0 Å². The fraction of sp³-hybridized carbons (Fsp3) is 0.353. The van der Waals surface area contributed by atoms with Crippen molar-refractivity contribution in [1.29, 1.82) is 0 Å². The van der Waals surface area contributed by atoms with Crippen LogP contribution in [0.3, 0.4) is 0 Å². The first-order chi connectivity index (χ1) is 9.77. The SMILES string of the molecule is Cc1ccc(OCc2cnc(Cl)cc2Cl)c(C(C)(C)C)c1. The number of aromatic nitrogens is 1. The smallest absolute Gasteiger partial charge is 0.130 e. The summed E-state index contributed by atoms with van der Waals surface area (Å²) in [5.74, 6) is 0.874. The van der Waals surface area contributed by atoms with Crippen molar-refractivity contribution in [2.45, 2.75) is 39.7 Å². The third kappa shape index (κ3) is 4.12. The average molecular weight is 324 g/mol. The van der Waals surface area contributed by atoms with E-state index in [1.807, 2.05) is 12.1 Å². The maximum Gasteiger partial charge on any atom is 0.130 e. The minimum Gasteiger partial charge on any atom is -0.488 e. The number of nitrogens with zero attached hydrogens (tertiary/aromatic N) is 1. The number of rotatable bonds is 3. The van der Waals surface area contributed by atoms with Crippen molar-refractivity contribution in [2.75, 3.05) is 0 Å². The molecule has 0 saturated carbocycles. The van der Waals surface area contributed by atoms with Crippen LogP contribution in [0.25, 0.3) is 0 Å². The van der Waals surface area contributed by atoms with Crippen LogP contribution in [0.4, 0.5) is 0 Å². The van der Waals surface area contributed by atoms with Crippen molar-refractivity contribution in [3.8, 4) is 5.75 Å². The number of pyridine rings is 1. The van der Waals surface area contributed by atoms with Gasteiger partial charge in [-0.15, -0.1) is 0 Å². The Labute approximate surface area is 136 Å². The molecule has 0 fully saturated rings. The van der Waals surface area contributed by atoms with E-state index in [9.17, 15) is 0 Å². The highest BCUT2D eigenvalue weighted by molar-refractivity contribution is 6.34. The van der Waals surface area contributed by atoms with E-state index < -0.39 is 0 Å². The van der Waals surface area contributed by atoms with Crippen LogP contribution in [0.2, 0.25) is 10.2 Å². The molecule has 0 aliphatic heterocycles. The predicted molar refractivity (Wildman–Crippen MR) is 88.5 cm³/mol. The summed E-state index contributed by atoms with van der Waals surface area (Å²) >= 11 is 11.9. The van der Waals surface area contributed by atoms with Gasteiger partial charge in [-0.2, -0.15) is 0 Å². The van der Waals surface area contributed by atoms with E-state index in [0.717, 1.165) is 11.3 Å². The molecule has 0 unspecified atom stereocenters. The van der Waals surface area contributed by atoms with E-state index in [0.29, 0.717) is 16.8 Å². The summed E-state index contributed by atoms with van der Waals surface area (Å²) in [4.78, 5) is 4.04. The standard InChI is InChI=1S/C17H19Cl2NO/c1-11-5-6-15(13(7-11)17(2,3)4)21-10-12-9-20-16(19)8-14(12)18/h5-9H,10H2,1-4H3. The Hall–Kier alpha value is -1.25. The summed E-state index contributed by atoms with van der Waals surface area (Å²) in [6.45, 7) is 8.97. The van der Waals surface area contributed by atoms with Gasteiger partial charge in [0.1, 0.15) is 17.5 Å². The van der Waals surface area contributed by atoms with Crippen LogP contribution in [-0.2, 0) is 12.0 Å². The molecule has 0 saturated heterocycles. The third-order valence-electron chi connectivity index (χ3n) is 3.22. The number of ether oxygens (including phenoxy) is 1. The van der Waals surface area contributed by atoms with Crippen molar-refractivity contribution in [3.05, 3.63) is 57.3 Å². The molecular weight excluding hydrogens is 305 g/mol. The minimum absolute atomic E-state index is 0.0173. The zero-order valence-corrected chi connectivity index (χ0v) is 14.2. The van der Waals surface area contributed by atoms with Gasteiger partial charge < -0.3 is 4.74 Å². The second-order valence-electron chi connectivity index (χ2n) is 6.14. The Morgan fingerprint density at radius 1 is 1.14 bits per heavy atom. The average Bonchev–Trinajstić information content (AvgIpc) is 2.38. The minimum atomic E-state index is 0.0173. The Morgan fingerprint density at radius 3 is 2.48 bits per heavy atom. The molecule has 0 aliphatic rings. The van der Waals surface area contributed by atoms with E-state index in [1.54, 1.807) is 12.3 Å². The molecule has 0 amide bonds. The van der Waals surface area contributed by atoms with Crippen LogP contribution >= 0.6 is 23.2 Å². The number of halogens is 2. The lowest BCUT2D eigenvalue weighted by molar-refractivity contribution is 0.297. The highest BCUT2D eigenvalue weighted by Crippen LogP contribution is 2.33. The normalized spacial score (nSPS) is 11.5. The fourth-order valence-electron chi connectivity index (χ4n) is 2.05. The van der Waals surface area contributed by atoms with Gasteiger partial charge in [-0.3, -0.25) is 0 Å². The predicted octanol–water partition coefficient (Wildman–Crippen LogP) is 5.57. The molecule has 1 aromatic carbocycles.